The van der Waals surface area contributed by atoms with Crippen LogP contribution in [0.3, 0.4) is 0 Å². The molecule has 0 radical (unpaired) electrons. The highest BCUT2D eigenvalue weighted by molar-refractivity contribution is 6.12. The van der Waals surface area contributed by atoms with Gasteiger partial charge in [0.1, 0.15) is 5.58 Å². The summed E-state index contributed by atoms with van der Waals surface area (Å²) < 4.78 is 6.66. The lowest BCUT2D eigenvalue weighted by molar-refractivity contribution is 0.669. The van der Waals surface area contributed by atoms with Crippen LogP contribution in [0.25, 0.3) is 55.3 Å². The molecule has 7 aromatic carbocycles. The van der Waals surface area contributed by atoms with Crippen molar-refractivity contribution in [2.45, 2.75) is 0 Å². The molecule has 0 saturated heterocycles. The predicted octanol–water partition coefficient (Wildman–Crippen LogP) is 12.1. The van der Waals surface area contributed by atoms with Crippen molar-refractivity contribution in [3.05, 3.63) is 176 Å². The van der Waals surface area contributed by atoms with Crippen LogP contribution in [0, 0.1) is 0 Å². The molecule has 44 heavy (non-hydrogen) atoms. The molecule has 0 fully saturated rings. The third kappa shape index (κ3) is 4.73. The van der Waals surface area contributed by atoms with Crippen LogP contribution in [0.5, 0.6) is 0 Å². The monoisotopic (exact) mass is 563 g/mol. The van der Waals surface area contributed by atoms with E-state index >= 15 is 0 Å². The molecule has 0 atom stereocenters. The molecule has 0 amide bonds. The molecule has 0 unspecified atom stereocenters. The summed E-state index contributed by atoms with van der Waals surface area (Å²) in [5.41, 5.74) is 11.9. The minimum Gasteiger partial charge on any atom is -0.454 e. The van der Waals surface area contributed by atoms with E-state index in [0.717, 1.165) is 50.1 Å². The third-order valence-corrected chi connectivity index (χ3v) is 8.25. The summed E-state index contributed by atoms with van der Waals surface area (Å²) in [5, 5.41) is 2.21. The Morgan fingerprint density at radius 3 is 1.57 bits per heavy atom. The topological polar surface area (TPSA) is 16.4 Å². The third-order valence-electron chi connectivity index (χ3n) is 8.25. The number of hydrogen-bond acceptors (Lipinski definition) is 2. The number of hydrogen-bond donors (Lipinski definition) is 0. The van der Waals surface area contributed by atoms with E-state index in [2.05, 4.69) is 175 Å². The zero-order valence-corrected chi connectivity index (χ0v) is 24.1. The zero-order valence-electron chi connectivity index (χ0n) is 24.1. The van der Waals surface area contributed by atoms with E-state index in [-0.39, 0.29) is 0 Å². The van der Waals surface area contributed by atoms with Gasteiger partial charge in [-0.25, -0.2) is 0 Å². The van der Waals surface area contributed by atoms with Crippen molar-refractivity contribution < 1.29 is 4.42 Å². The number of benzene rings is 7. The number of para-hydroxylation sites is 1. The fourth-order valence-electron chi connectivity index (χ4n) is 6.09. The molecular weight excluding hydrogens is 534 g/mol. The Hall–Kier alpha value is -5.86. The zero-order chi connectivity index (χ0) is 29.3. The van der Waals surface area contributed by atoms with E-state index in [1.54, 1.807) is 0 Å². The van der Waals surface area contributed by atoms with Crippen molar-refractivity contribution in [2.75, 3.05) is 4.90 Å². The Labute approximate surface area is 257 Å². The second-order valence-corrected chi connectivity index (χ2v) is 11.0. The Kier molecular flexibility index (Phi) is 6.51. The number of anilines is 3. The normalized spacial score (nSPS) is 11.2. The van der Waals surface area contributed by atoms with Gasteiger partial charge in [-0.15, -0.1) is 0 Å². The summed E-state index contributed by atoms with van der Waals surface area (Å²) in [7, 11) is 0. The lowest BCUT2D eigenvalue weighted by atomic mass is 9.99. The summed E-state index contributed by atoms with van der Waals surface area (Å²) in [4.78, 5) is 2.33. The van der Waals surface area contributed by atoms with Crippen molar-refractivity contribution in [3.8, 4) is 33.4 Å². The van der Waals surface area contributed by atoms with Gasteiger partial charge in [0.25, 0.3) is 0 Å². The van der Waals surface area contributed by atoms with Gasteiger partial charge in [-0.3, -0.25) is 0 Å². The average Bonchev–Trinajstić information content (AvgIpc) is 3.49. The van der Waals surface area contributed by atoms with Crippen molar-refractivity contribution >= 4 is 39.0 Å². The fraction of sp³-hybridized carbons (Fsp3) is 0. The number of nitrogens with zero attached hydrogens (tertiary/aromatic N) is 1. The van der Waals surface area contributed by atoms with Gasteiger partial charge >= 0.3 is 0 Å². The average molecular weight is 564 g/mol. The molecule has 0 aliphatic carbocycles. The first-order valence-electron chi connectivity index (χ1n) is 14.9. The van der Waals surface area contributed by atoms with Gasteiger partial charge in [-0.05, 0) is 75.8 Å². The van der Waals surface area contributed by atoms with Gasteiger partial charge in [0.05, 0.1) is 5.69 Å². The van der Waals surface area contributed by atoms with Crippen LogP contribution in [0.15, 0.2) is 180 Å². The van der Waals surface area contributed by atoms with Crippen molar-refractivity contribution in [3.63, 3.8) is 0 Å². The molecule has 1 aromatic heterocycles. The van der Waals surface area contributed by atoms with Crippen LogP contribution in [-0.4, -0.2) is 0 Å². The Morgan fingerprint density at radius 2 is 0.886 bits per heavy atom. The first-order chi connectivity index (χ1) is 21.8. The molecule has 0 aliphatic rings. The Morgan fingerprint density at radius 1 is 0.341 bits per heavy atom. The lowest BCUT2D eigenvalue weighted by Gasteiger charge is -2.27. The molecule has 0 saturated carbocycles. The minimum absolute atomic E-state index is 0.864. The first-order valence-corrected chi connectivity index (χ1v) is 14.9. The van der Waals surface area contributed by atoms with Crippen LogP contribution in [-0.2, 0) is 0 Å². The van der Waals surface area contributed by atoms with Crippen LogP contribution in [0.1, 0.15) is 0 Å². The second kappa shape index (κ2) is 11.1. The minimum atomic E-state index is 0.864. The molecule has 0 N–H and O–H groups in total. The van der Waals surface area contributed by atoms with Crippen molar-refractivity contribution in [1.82, 2.24) is 0 Å². The van der Waals surface area contributed by atoms with Gasteiger partial charge in [0.15, 0.2) is 5.58 Å². The smallest absolute Gasteiger partial charge is 0.159 e. The van der Waals surface area contributed by atoms with E-state index in [1.165, 1.54) is 22.3 Å². The second-order valence-electron chi connectivity index (χ2n) is 11.0. The lowest BCUT2D eigenvalue weighted by Crippen LogP contribution is -2.10. The standard InChI is InChI=1S/C42H29NO/c1-4-13-30(14-5-1)33-23-25-36(26-24-33)43(37-20-12-19-34(27-37)31-15-6-2-7-16-31)40-29-35(32-17-8-3-9-18-32)28-39-38-21-10-11-22-41(38)44-42(39)40/h1-29H. The number of furan rings is 1. The Balaban J connectivity index is 1.39. The van der Waals surface area contributed by atoms with Crippen LogP contribution in [0.2, 0.25) is 0 Å². The van der Waals surface area contributed by atoms with Crippen LogP contribution in [0.4, 0.5) is 17.1 Å². The molecule has 0 spiro atoms. The maximum absolute atomic E-state index is 6.66. The highest BCUT2D eigenvalue weighted by atomic mass is 16.3. The summed E-state index contributed by atoms with van der Waals surface area (Å²) in [5.74, 6) is 0. The maximum Gasteiger partial charge on any atom is 0.159 e. The van der Waals surface area contributed by atoms with Crippen molar-refractivity contribution in [2.24, 2.45) is 0 Å². The van der Waals surface area contributed by atoms with Gasteiger partial charge in [-0.2, -0.15) is 0 Å². The molecule has 0 bridgehead atoms. The molecule has 1 heterocycles. The molecule has 2 nitrogen and oxygen atoms in total. The Bertz CT molecular complexity index is 2200. The molecule has 2 heteroatoms. The van der Waals surface area contributed by atoms with Crippen LogP contribution >= 0.6 is 0 Å². The summed E-state index contributed by atoms with van der Waals surface area (Å²) in [6.07, 6.45) is 0. The van der Waals surface area contributed by atoms with E-state index in [9.17, 15) is 0 Å². The van der Waals surface area contributed by atoms with Gasteiger partial charge < -0.3 is 9.32 Å². The molecule has 208 valence electrons. The van der Waals surface area contributed by atoms with E-state index in [0.29, 0.717) is 0 Å². The summed E-state index contributed by atoms with van der Waals surface area (Å²) >= 11 is 0. The highest BCUT2D eigenvalue weighted by Gasteiger charge is 2.21. The number of rotatable bonds is 6. The molecule has 0 aliphatic heterocycles. The first kappa shape index (κ1) is 25.8. The van der Waals surface area contributed by atoms with E-state index in [4.69, 9.17) is 4.42 Å². The highest BCUT2D eigenvalue weighted by Crippen LogP contribution is 2.45. The SMILES string of the molecule is c1ccc(-c2ccc(N(c3cccc(-c4ccccc4)c3)c3cc(-c4ccccc4)cc4c3oc3ccccc34)cc2)cc1. The van der Waals surface area contributed by atoms with Crippen LogP contribution < -0.4 is 4.90 Å². The molecule has 8 rings (SSSR count). The fourth-order valence-corrected chi connectivity index (χ4v) is 6.09. The molecule has 8 aromatic rings. The molecular formula is C42H29NO. The van der Waals surface area contributed by atoms with Gasteiger partial charge in [0.2, 0.25) is 0 Å². The summed E-state index contributed by atoms with van der Waals surface area (Å²) in [6, 6.07) is 62.1. The predicted molar refractivity (Wildman–Crippen MR) is 185 cm³/mol. The number of fused-ring (bicyclic) bond motifs is 3. The van der Waals surface area contributed by atoms with Crippen molar-refractivity contribution in [1.29, 1.82) is 0 Å². The maximum atomic E-state index is 6.66. The quantitative estimate of drug-likeness (QED) is 0.200. The van der Waals surface area contributed by atoms with E-state index in [1.807, 2.05) is 6.07 Å². The van der Waals surface area contributed by atoms with Gasteiger partial charge in [-0.1, -0.05) is 133 Å². The van der Waals surface area contributed by atoms with E-state index < -0.39 is 0 Å². The van der Waals surface area contributed by atoms with Gasteiger partial charge in [0, 0.05) is 22.1 Å². The largest absolute Gasteiger partial charge is 0.454 e. The summed E-state index contributed by atoms with van der Waals surface area (Å²) in [6.45, 7) is 0.